The first kappa shape index (κ1) is 32.2. The average molecular weight is 608 g/mol. The number of nitrogens with zero attached hydrogens (tertiary/aromatic N) is 4. The first-order valence-electron chi connectivity index (χ1n) is 12.6. The van der Waals surface area contributed by atoms with Crippen LogP contribution in [0.2, 0.25) is 0 Å². The minimum absolute atomic E-state index is 0.150. The number of anilines is 1. The maximum atomic E-state index is 12.8. The van der Waals surface area contributed by atoms with Crippen molar-refractivity contribution in [2.45, 2.75) is 26.3 Å². The van der Waals surface area contributed by atoms with E-state index >= 15 is 0 Å². The Kier molecular flexibility index (Phi) is 10.1. The average Bonchev–Trinajstić information content (AvgIpc) is 2.94. The summed E-state index contributed by atoms with van der Waals surface area (Å²) in [4.78, 5) is 26.3. The van der Waals surface area contributed by atoms with Crippen LogP contribution in [0.25, 0.3) is 0 Å². The number of alkyl halides is 3. The summed E-state index contributed by atoms with van der Waals surface area (Å²) in [5.41, 5.74) is 1.11. The third-order valence-electron chi connectivity index (χ3n) is 6.26. The lowest BCUT2D eigenvalue weighted by Gasteiger charge is -2.36. The number of benzene rings is 2. The van der Waals surface area contributed by atoms with Crippen LogP contribution in [-0.2, 0) is 15.0 Å². The molecule has 42 heavy (non-hydrogen) atoms. The first-order valence-corrected chi connectivity index (χ1v) is 14.0. The van der Waals surface area contributed by atoms with Crippen LogP contribution in [0, 0.1) is 29.2 Å². The monoisotopic (exact) mass is 607 g/mol. The number of halogens is 3. The third-order valence-corrected chi connectivity index (χ3v) is 7.86. The molecule has 0 radical (unpaired) electrons. The van der Waals surface area contributed by atoms with Crippen LogP contribution in [-0.4, -0.2) is 80.2 Å². The van der Waals surface area contributed by atoms with E-state index in [1.165, 1.54) is 16.6 Å². The van der Waals surface area contributed by atoms with Gasteiger partial charge in [-0.15, -0.1) is 13.2 Å². The first-order chi connectivity index (χ1) is 19.6. The van der Waals surface area contributed by atoms with E-state index in [2.05, 4.69) is 21.3 Å². The summed E-state index contributed by atoms with van der Waals surface area (Å²) in [5, 5.41) is 18.3. The summed E-state index contributed by atoms with van der Waals surface area (Å²) in [7, 11) is -2.88. The van der Waals surface area contributed by atoms with Crippen LogP contribution in [0.15, 0.2) is 42.5 Å². The molecule has 1 aliphatic heterocycles. The van der Waals surface area contributed by atoms with Gasteiger partial charge in [0.05, 0.1) is 5.56 Å². The lowest BCUT2D eigenvalue weighted by Crippen LogP contribution is -2.55. The van der Waals surface area contributed by atoms with Gasteiger partial charge in [0.25, 0.3) is 16.1 Å². The number of nitriles is 1. The number of carbonyl (C=O) groups excluding carboxylic acids is 1. The van der Waals surface area contributed by atoms with E-state index in [1.54, 1.807) is 38.1 Å². The molecular formula is C27H28F3N5O6S. The largest absolute Gasteiger partial charge is 0.573 e. The van der Waals surface area contributed by atoms with Crippen LogP contribution < -0.4 is 14.4 Å². The summed E-state index contributed by atoms with van der Waals surface area (Å²) in [6.07, 6.45) is -3.50. The van der Waals surface area contributed by atoms with Gasteiger partial charge >= 0.3 is 12.3 Å². The number of nitrogens with one attached hydrogen (secondary N) is 1. The second-order valence-corrected chi connectivity index (χ2v) is 11.3. The molecule has 0 unspecified atom stereocenters. The predicted octanol–water partition coefficient (Wildman–Crippen LogP) is 2.60. The molecule has 1 saturated heterocycles. The van der Waals surface area contributed by atoms with E-state index in [4.69, 9.17) is 5.26 Å². The molecule has 0 spiro atoms. The van der Waals surface area contributed by atoms with E-state index in [9.17, 15) is 36.3 Å². The summed E-state index contributed by atoms with van der Waals surface area (Å²) in [5.74, 6) is 2.22. The molecule has 2 N–H and O–H groups in total. The number of carboxylic acids is 1. The number of amides is 1. The molecule has 1 fully saturated rings. The van der Waals surface area contributed by atoms with Gasteiger partial charge in [-0.2, -0.15) is 22.7 Å². The Morgan fingerprint density at radius 1 is 1.05 bits per heavy atom. The Bertz CT molecular complexity index is 1520. The van der Waals surface area contributed by atoms with Crippen LogP contribution in [0.4, 0.5) is 18.9 Å². The van der Waals surface area contributed by atoms with Crippen LogP contribution in [0.1, 0.15) is 35.3 Å². The number of carboxylic acid groups (broad SMARTS) is 1. The quantitative estimate of drug-likeness (QED) is 0.265. The number of ether oxygens (including phenoxy) is 1. The SMILES string of the molecule is CC(C)[C@@H](NS(=O)(=O)N1CCN(c2ccc(C#Cc3ccc(OC(F)(F)F)c(C(=O)N(C)C#N)c3)cc2)CC1)C(=O)O. The number of hydrogen-bond acceptors (Lipinski definition) is 7. The molecule has 1 amide bonds. The van der Waals surface area contributed by atoms with E-state index in [0.717, 1.165) is 24.9 Å². The molecular weight excluding hydrogens is 579 g/mol. The van der Waals surface area contributed by atoms with Crippen molar-refractivity contribution in [2.24, 2.45) is 5.92 Å². The van der Waals surface area contributed by atoms with Crippen molar-refractivity contribution in [3.05, 3.63) is 59.2 Å². The minimum Gasteiger partial charge on any atom is -0.480 e. The van der Waals surface area contributed by atoms with Gasteiger partial charge in [0.1, 0.15) is 11.8 Å². The van der Waals surface area contributed by atoms with E-state index in [0.29, 0.717) is 23.6 Å². The number of piperazine rings is 1. The molecule has 224 valence electrons. The molecule has 1 heterocycles. The molecule has 0 aliphatic carbocycles. The van der Waals surface area contributed by atoms with Crippen molar-refractivity contribution in [3.8, 4) is 23.8 Å². The molecule has 2 aromatic carbocycles. The highest BCUT2D eigenvalue weighted by Crippen LogP contribution is 2.28. The molecule has 1 atom stereocenters. The molecule has 11 nitrogen and oxygen atoms in total. The molecule has 2 aromatic rings. The Labute approximate surface area is 241 Å². The molecule has 1 aliphatic rings. The maximum Gasteiger partial charge on any atom is 0.573 e. The lowest BCUT2D eigenvalue weighted by atomic mass is 10.1. The van der Waals surface area contributed by atoms with E-state index in [-0.39, 0.29) is 18.7 Å². The van der Waals surface area contributed by atoms with Crippen LogP contribution in [0.5, 0.6) is 5.75 Å². The molecule has 0 aromatic heterocycles. The zero-order valence-corrected chi connectivity index (χ0v) is 23.7. The van der Waals surface area contributed by atoms with E-state index in [1.807, 2.05) is 4.90 Å². The van der Waals surface area contributed by atoms with Gasteiger partial charge < -0.3 is 14.7 Å². The zero-order valence-electron chi connectivity index (χ0n) is 22.8. The number of hydrogen-bond donors (Lipinski definition) is 2. The fourth-order valence-corrected chi connectivity index (χ4v) is 5.49. The second kappa shape index (κ2) is 13.1. The topological polar surface area (TPSA) is 143 Å². The Balaban J connectivity index is 1.70. The predicted molar refractivity (Wildman–Crippen MR) is 145 cm³/mol. The number of carbonyl (C=O) groups is 2. The van der Waals surface area contributed by atoms with Gasteiger partial charge in [-0.1, -0.05) is 25.7 Å². The van der Waals surface area contributed by atoms with E-state index < -0.39 is 51.7 Å². The Hall–Kier alpha value is -4.31. The standard InChI is InChI=1S/C27H28F3N5O6S/c1-18(2)24(26(37)38)32-42(39,40)35-14-12-34(13-15-35)21-9-6-19(7-10-21)4-5-20-8-11-23(41-27(28,29)30)22(16-20)25(36)33(3)17-31/h6-11,16,18,24,32H,12-15H2,1-3H3,(H,37,38)/t24-/m1/s1. The zero-order chi connectivity index (χ0) is 31.2. The summed E-state index contributed by atoms with van der Waals surface area (Å²) >= 11 is 0. The van der Waals surface area contributed by atoms with Gasteiger partial charge in [-0.05, 0) is 48.4 Å². The fraction of sp³-hybridized carbons (Fsp3) is 0.370. The Morgan fingerprint density at radius 2 is 1.62 bits per heavy atom. The van der Waals surface area contributed by atoms with Crippen molar-refractivity contribution in [1.82, 2.24) is 13.9 Å². The van der Waals surface area contributed by atoms with Gasteiger partial charge in [0.2, 0.25) is 0 Å². The summed E-state index contributed by atoms with van der Waals surface area (Å²) in [6, 6.07) is 9.08. The van der Waals surface area contributed by atoms with Gasteiger partial charge in [0, 0.05) is 50.0 Å². The molecule has 0 saturated carbocycles. The smallest absolute Gasteiger partial charge is 0.480 e. The summed E-state index contributed by atoms with van der Waals surface area (Å²) < 4.78 is 71.1. The second-order valence-electron chi connectivity index (χ2n) is 9.59. The lowest BCUT2D eigenvalue weighted by molar-refractivity contribution is -0.274. The fourth-order valence-electron chi connectivity index (χ4n) is 4.01. The van der Waals surface area contributed by atoms with Gasteiger partial charge in [-0.25, -0.2) is 4.90 Å². The Morgan fingerprint density at radius 3 is 2.14 bits per heavy atom. The highest BCUT2D eigenvalue weighted by molar-refractivity contribution is 7.87. The maximum absolute atomic E-state index is 12.8. The molecule has 3 rings (SSSR count). The van der Waals surface area contributed by atoms with Crippen LogP contribution in [0.3, 0.4) is 0 Å². The van der Waals surface area contributed by atoms with Crippen molar-refractivity contribution in [3.63, 3.8) is 0 Å². The third kappa shape index (κ3) is 8.36. The minimum atomic E-state index is -5.04. The van der Waals surface area contributed by atoms with Gasteiger partial charge in [-0.3, -0.25) is 9.59 Å². The molecule has 15 heteroatoms. The summed E-state index contributed by atoms with van der Waals surface area (Å²) in [6.45, 7) is 4.26. The normalized spacial score (nSPS) is 14.9. The van der Waals surface area contributed by atoms with Crippen molar-refractivity contribution < 1.29 is 41.0 Å². The van der Waals surface area contributed by atoms with Crippen molar-refractivity contribution in [2.75, 3.05) is 38.1 Å². The highest BCUT2D eigenvalue weighted by Gasteiger charge is 2.34. The number of aliphatic carboxylic acids is 1. The highest BCUT2D eigenvalue weighted by atomic mass is 32.2. The van der Waals surface area contributed by atoms with Gasteiger partial charge in [0.15, 0.2) is 6.19 Å². The molecule has 0 bridgehead atoms. The van der Waals surface area contributed by atoms with Crippen molar-refractivity contribution >= 4 is 27.8 Å². The van der Waals surface area contributed by atoms with Crippen LogP contribution >= 0.6 is 0 Å². The number of rotatable bonds is 8. The van der Waals surface area contributed by atoms with Crippen molar-refractivity contribution in [1.29, 1.82) is 5.26 Å².